The number of nitrogens with zero attached hydrogens (tertiary/aromatic N) is 1. The maximum absolute atomic E-state index is 5.32. The Hall–Kier alpha value is -1.55. The fraction of sp³-hybridized carbons (Fsp3) is 0.533. The Bertz CT molecular complexity index is 605. The first-order valence-electron chi connectivity index (χ1n) is 7.07. The van der Waals surface area contributed by atoms with Crippen LogP contribution in [0.2, 0.25) is 0 Å². The molecule has 2 heterocycles. The smallest absolute Gasteiger partial charge is 0.169 e. The third-order valence-corrected chi connectivity index (χ3v) is 4.71. The summed E-state index contributed by atoms with van der Waals surface area (Å²) in [6.07, 6.45) is 3.91. The van der Waals surface area contributed by atoms with Crippen molar-refractivity contribution in [2.24, 2.45) is 5.41 Å². The van der Waals surface area contributed by atoms with Gasteiger partial charge in [0.1, 0.15) is 0 Å². The molecule has 1 aliphatic heterocycles. The Balaban J connectivity index is 1.47. The highest BCUT2D eigenvalue weighted by Gasteiger charge is 2.45. The van der Waals surface area contributed by atoms with Crippen LogP contribution in [0.5, 0.6) is 0 Å². The third kappa shape index (κ3) is 1.82. The van der Waals surface area contributed by atoms with Gasteiger partial charge in [0.2, 0.25) is 0 Å². The van der Waals surface area contributed by atoms with Crippen molar-refractivity contribution < 1.29 is 4.52 Å². The minimum atomic E-state index is 0.588. The standard InChI is InChI=1S/C15H19N3O/c1-10-13-3-2-11(6-14(13)19-18-10)17-12-7-15(8-12)4-5-16-9-15/h2-3,6,12,16-17H,4-5,7-9H2,1H3. The van der Waals surface area contributed by atoms with Crippen LogP contribution in [0.3, 0.4) is 0 Å². The predicted molar refractivity (Wildman–Crippen MR) is 75.3 cm³/mol. The molecule has 2 aromatic rings. The number of anilines is 1. The number of hydrogen-bond acceptors (Lipinski definition) is 4. The third-order valence-electron chi connectivity index (χ3n) is 4.71. The molecule has 4 rings (SSSR count). The maximum Gasteiger partial charge on any atom is 0.169 e. The summed E-state index contributed by atoms with van der Waals surface area (Å²) in [5, 5.41) is 12.2. The fourth-order valence-electron chi connectivity index (χ4n) is 3.62. The summed E-state index contributed by atoms with van der Waals surface area (Å²) in [5.74, 6) is 0. The number of nitrogens with one attached hydrogen (secondary N) is 2. The van der Waals surface area contributed by atoms with Crippen LogP contribution in [-0.2, 0) is 0 Å². The van der Waals surface area contributed by atoms with Gasteiger partial charge >= 0.3 is 0 Å². The van der Waals surface area contributed by atoms with E-state index in [1.54, 1.807) is 0 Å². The zero-order valence-electron chi connectivity index (χ0n) is 11.2. The van der Waals surface area contributed by atoms with Gasteiger partial charge in [0.05, 0.1) is 5.69 Å². The van der Waals surface area contributed by atoms with Crippen molar-refractivity contribution in [2.45, 2.75) is 32.2 Å². The molecule has 4 heteroatoms. The summed E-state index contributed by atoms with van der Waals surface area (Å²) in [6, 6.07) is 6.90. The van der Waals surface area contributed by atoms with E-state index in [0.717, 1.165) is 22.4 Å². The minimum absolute atomic E-state index is 0.588. The van der Waals surface area contributed by atoms with Gasteiger partial charge in [0, 0.05) is 29.7 Å². The number of aromatic nitrogens is 1. The zero-order chi connectivity index (χ0) is 12.9. The van der Waals surface area contributed by atoms with Crippen LogP contribution in [0.15, 0.2) is 22.7 Å². The quantitative estimate of drug-likeness (QED) is 0.868. The van der Waals surface area contributed by atoms with E-state index in [4.69, 9.17) is 4.52 Å². The largest absolute Gasteiger partial charge is 0.382 e. The van der Waals surface area contributed by atoms with Crippen LogP contribution in [0, 0.1) is 12.3 Å². The normalized spacial score (nSPS) is 29.8. The first kappa shape index (κ1) is 11.3. The van der Waals surface area contributed by atoms with Gasteiger partial charge in [0.15, 0.2) is 5.58 Å². The van der Waals surface area contributed by atoms with Crippen molar-refractivity contribution >= 4 is 16.7 Å². The molecule has 1 saturated heterocycles. The van der Waals surface area contributed by atoms with Crippen LogP contribution in [0.1, 0.15) is 25.0 Å². The lowest BCUT2D eigenvalue weighted by atomic mass is 9.65. The first-order chi connectivity index (χ1) is 9.24. The monoisotopic (exact) mass is 257 g/mol. The van der Waals surface area contributed by atoms with Crippen molar-refractivity contribution in [3.8, 4) is 0 Å². The van der Waals surface area contributed by atoms with Crippen molar-refractivity contribution in [3.05, 3.63) is 23.9 Å². The Morgan fingerprint density at radius 3 is 3.11 bits per heavy atom. The van der Waals surface area contributed by atoms with Gasteiger partial charge in [-0.05, 0) is 50.3 Å². The van der Waals surface area contributed by atoms with E-state index in [-0.39, 0.29) is 0 Å². The summed E-state index contributed by atoms with van der Waals surface area (Å²) in [4.78, 5) is 0. The number of aryl methyl sites for hydroxylation is 1. The summed E-state index contributed by atoms with van der Waals surface area (Å²) >= 11 is 0. The number of fused-ring (bicyclic) bond motifs is 1. The molecule has 19 heavy (non-hydrogen) atoms. The molecular formula is C15H19N3O. The van der Waals surface area contributed by atoms with Gasteiger partial charge in [-0.1, -0.05) is 5.16 Å². The second-order valence-corrected chi connectivity index (χ2v) is 6.16. The van der Waals surface area contributed by atoms with Crippen molar-refractivity contribution in [1.82, 2.24) is 10.5 Å². The highest BCUT2D eigenvalue weighted by atomic mass is 16.5. The molecule has 2 aliphatic rings. The van der Waals surface area contributed by atoms with E-state index >= 15 is 0 Å². The molecule has 1 saturated carbocycles. The summed E-state index contributed by atoms with van der Waals surface area (Å²) < 4.78 is 5.32. The summed E-state index contributed by atoms with van der Waals surface area (Å²) in [5.41, 5.74) is 3.57. The van der Waals surface area contributed by atoms with Gasteiger partial charge in [-0.15, -0.1) is 0 Å². The molecule has 2 fully saturated rings. The van der Waals surface area contributed by atoms with E-state index in [1.807, 2.05) is 6.92 Å². The van der Waals surface area contributed by atoms with Gasteiger partial charge < -0.3 is 15.2 Å². The van der Waals surface area contributed by atoms with Crippen molar-refractivity contribution in [2.75, 3.05) is 18.4 Å². The Kier molecular flexibility index (Phi) is 2.36. The van der Waals surface area contributed by atoms with Gasteiger partial charge in [0.25, 0.3) is 0 Å². The van der Waals surface area contributed by atoms with E-state index in [1.165, 1.54) is 32.4 Å². The zero-order valence-corrected chi connectivity index (χ0v) is 11.2. The molecule has 1 aromatic carbocycles. The molecule has 0 bridgehead atoms. The minimum Gasteiger partial charge on any atom is -0.382 e. The number of hydrogen-bond donors (Lipinski definition) is 2. The molecule has 1 spiro atoms. The average molecular weight is 257 g/mol. The second-order valence-electron chi connectivity index (χ2n) is 6.16. The fourth-order valence-corrected chi connectivity index (χ4v) is 3.62. The average Bonchev–Trinajstić information content (AvgIpc) is 2.97. The predicted octanol–water partition coefficient (Wildman–Crippen LogP) is 2.69. The van der Waals surface area contributed by atoms with Crippen LogP contribution in [-0.4, -0.2) is 24.3 Å². The lowest BCUT2D eigenvalue weighted by Crippen LogP contribution is -2.46. The van der Waals surface area contributed by atoms with E-state index < -0.39 is 0 Å². The topological polar surface area (TPSA) is 50.1 Å². The molecular weight excluding hydrogens is 238 g/mol. The Morgan fingerprint density at radius 1 is 1.42 bits per heavy atom. The number of rotatable bonds is 2. The van der Waals surface area contributed by atoms with Gasteiger partial charge in [-0.25, -0.2) is 0 Å². The first-order valence-corrected chi connectivity index (χ1v) is 7.07. The highest BCUT2D eigenvalue weighted by Crippen LogP contribution is 2.46. The SMILES string of the molecule is Cc1noc2cc(NC3CC4(CCNC4)C3)ccc12. The second kappa shape index (κ2) is 3.97. The van der Waals surface area contributed by atoms with Crippen LogP contribution < -0.4 is 10.6 Å². The Labute approximate surface area is 112 Å². The molecule has 1 aliphatic carbocycles. The molecule has 0 atom stereocenters. The summed E-state index contributed by atoms with van der Waals surface area (Å²) in [6.45, 7) is 4.36. The summed E-state index contributed by atoms with van der Waals surface area (Å²) in [7, 11) is 0. The van der Waals surface area contributed by atoms with E-state index in [0.29, 0.717) is 11.5 Å². The number of benzene rings is 1. The molecule has 2 N–H and O–H groups in total. The molecule has 0 unspecified atom stereocenters. The highest BCUT2D eigenvalue weighted by molar-refractivity contribution is 5.82. The van der Waals surface area contributed by atoms with Crippen LogP contribution >= 0.6 is 0 Å². The maximum atomic E-state index is 5.32. The van der Waals surface area contributed by atoms with Crippen molar-refractivity contribution in [3.63, 3.8) is 0 Å². The molecule has 100 valence electrons. The molecule has 0 radical (unpaired) electrons. The van der Waals surface area contributed by atoms with Crippen LogP contribution in [0.25, 0.3) is 11.0 Å². The van der Waals surface area contributed by atoms with Crippen LogP contribution in [0.4, 0.5) is 5.69 Å². The van der Waals surface area contributed by atoms with Crippen molar-refractivity contribution in [1.29, 1.82) is 0 Å². The lowest BCUT2D eigenvalue weighted by Gasteiger charge is -2.45. The van der Waals surface area contributed by atoms with Gasteiger partial charge in [-0.3, -0.25) is 0 Å². The Morgan fingerprint density at radius 2 is 2.32 bits per heavy atom. The van der Waals surface area contributed by atoms with Gasteiger partial charge in [-0.2, -0.15) is 0 Å². The van der Waals surface area contributed by atoms with E-state index in [2.05, 4.69) is 34.0 Å². The molecule has 0 amide bonds. The molecule has 4 nitrogen and oxygen atoms in total. The molecule has 1 aromatic heterocycles. The lowest BCUT2D eigenvalue weighted by molar-refractivity contribution is 0.142. The van der Waals surface area contributed by atoms with E-state index in [9.17, 15) is 0 Å².